The second kappa shape index (κ2) is 12.0. The molecule has 1 heterocycles. The molecule has 3 rings (SSSR count). The third-order valence-electron chi connectivity index (χ3n) is 4.86. The van der Waals surface area contributed by atoms with E-state index in [2.05, 4.69) is 21.2 Å². The van der Waals surface area contributed by atoms with Gasteiger partial charge in [-0.25, -0.2) is 9.18 Å². The first kappa shape index (κ1) is 27.2. The smallest absolute Gasteiger partial charge is 0.329 e. The van der Waals surface area contributed by atoms with Gasteiger partial charge in [-0.15, -0.1) is 0 Å². The number of nitrogens with one attached hydrogen (secondary N) is 1. The minimum atomic E-state index is -1.05. The number of esters is 1. The van der Waals surface area contributed by atoms with Crippen LogP contribution in [0.25, 0.3) is 6.08 Å². The molecule has 1 saturated heterocycles. The molecule has 9 nitrogen and oxygen atoms in total. The summed E-state index contributed by atoms with van der Waals surface area (Å²) in [4.78, 5) is 50.4. The fraction of sp³-hybridized carbons (Fsp3) is 0.250. The second-order valence-electron chi connectivity index (χ2n) is 7.36. The number of carbonyl (C=O) groups is 4. The van der Waals surface area contributed by atoms with Crippen molar-refractivity contribution < 1.29 is 37.8 Å². The van der Waals surface area contributed by atoms with E-state index in [9.17, 15) is 23.6 Å². The van der Waals surface area contributed by atoms with Crippen molar-refractivity contribution >= 4 is 62.5 Å². The number of nitrogens with zero attached hydrogens (tertiary/aromatic N) is 1. The van der Waals surface area contributed by atoms with Gasteiger partial charge in [0.25, 0.3) is 17.1 Å². The van der Waals surface area contributed by atoms with Gasteiger partial charge < -0.3 is 19.5 Å². The van der Waals surface area contributed by atoms with E-state index in [1.807, 2.05) is 0 Å². The lowest BCUT2D eigenvalue weighted by Gasteiger charge is -2.19. The average Bonchev–Trinajstić information content (AvgIpc) is 3.11. The van der Waals surface area contributed by atoms with Crippen LogP contribution in [-0.2, 0) is 19.1 Å². The summed E-state index contributed by atoms with van der Waals surface area (Å²) >= 11 is 4.08. The molecule has 36 heavy (non-hydrogen) atoms. The van der Waals surface area contributed by atoms with E-state index in [1.54, 1.807) is 19.1 Å². The van der Waals surface area contributed by atoms with E-state index in [4.69, 9.17) is 14.2 Å². The number of anilines is 1. The van der Waals surface area contributed by atoms with Crippen molar-refractivity contribution in [3.63, 3.8) is 0 Å². The molecule has 0 aromatic heterocycles. The van der Waals surface area contributed by atoms with E-state index in [0.717, 1.165) is 4.90 Å². The first-order valence-corrected chi connectivity index (χ1v) is 12.2. The average molecular weight is 581 g/mol. The molecule has 0 unspecified atom stereocenters. The number of hydrogen-bond donors (Lipinski definition) is 1. The van der Waals surface area contributed by atoms with Crippen LogP contribution in [0.1, 0.15) is 19.4 Å². The van der Waals surface area contributed by atoms with Gasteiger partial charge >= 0.3 is 5.97 Å². The van der Waals surface area contributed by atoms with Crippen LogP contribution in [0, 0.1) is 5.82 Å². The zero-order valence-corrected chi connectivity index (χ0v) is 21.9. The molecule has 1 aliphatic heterocycles. The monoisotopic (exact) mass is 580 g/mol. The Labute approximate surface area is 219 Å². The number of ether oxygens (including phenoxy) is 3. The van der Waals surface area contributed by atoms with Crippen LogP contribution in [0.5, 0.6) is 11.5 Å². The summed E-state index contributed by atoms with van der Waals surface area (Å²) in [6, 6.07) is 7.43. The van der Waals surface area contributed by atoms with Gasteiger partial charge in [0.05, 0.1) is 23.1 Å². The summed E-state index contributed by atoms with van der Waals surface area (Å²) < 4.78 is 29.3. The number of hydrogen-bond acceptors (Lipinski definition) is 8. The molecule has 12 heteroatoms. The number of rotatable bonds is 9. The first-order valence-electron chi connectivity index (χ1n) is 10.6. The third kappa shape index (κ3) is 6.43. The van der Waals surface area contributed by atoms with Gasteiger partial charge in [-0.1, -0.05) is 0 Å². The maximum atomic E-state index is 13.0. The number of imide groups is 1. The van der Waals surface area contributed by atoms with Crippen molar-refractivity contribution in [2.45, 2.75) is 19.9 Å². The van der Waals surface area contributed by atoms with Crippen LogP contribution in [0.4, 0.5) is 14.9 Å². The molecule has 0 aliphatic carbocycles. The topological polar surface area (TPSA) is 111 Å². The fourth-order valence-electron chi connectivity index (χ4n) is 3.16. The number of thioether (sulfide) groups is 1. The molecule has 1 fully saturated rings. The maximum Gasteiger partial charge on any atom is 0.329 e. The maximum absolute atomic E-state index is 13.0. The highest BCUT2D eigenvalue weighted by Crippen LogP contribution is 2.39. The van der Waals surface area contributed by atoms with Gasteiger partial charge in [0, 0.05) is 5.69 Å². The van der Waals surface area contributed by atoms with E-state index >= 15 is 0 Å². The number of amides is 3. The zero-order valence-electron chi connectivity index (χ0n) is 19.5. The Bertz CT molecular complexity index is 1220. The predicted octanol–water partition coefficient (Wildman–Crippen LogP) is 4.60. The molecule has 0 spiro atoms. The lowest BCUT2D eigenvalue weighted by molar-refractivity contribution is -0.150. The molecule has 3 amide bonds. The van der Waals surface area contributed by atoms with Crippen molar-refractivity contribution in [3.8, 4) is 11.5 Å². The Morgan fingerprint density at radius 1 is 1.22 bits per heavy atom. The van der Waals surface area contributed by atoms with Gasteiger partial charge in [0.1, 0.15) is 11.9 Å². The Kier molecular flexibility index (Phi) is 9.10. The molecular formula is C24H22BrFN2O7S. The molecule has 0 radical (unpaired) electrons. The summed E-state index contributed by atoms with van der Waals surface area (Å²) in [7, 11) is 1.41. The van der Waals surface area contributed by atoms with E-state index in [0.29, 0.717) is 27.5 Å². The lowest BCUT2D eigenvalue weighted by atomic mass is 10.1. The third-order valence-corrected chi connectivity index (χ3v) is 6.34. The molecule has 190 valence electrons. The zero-order chi connectivity index (χ0) is 26.4. The minimum absolute atomic E-state index is 0.123. The molecule has 2 aromatic carbocycles. The van der Waals surface area contributed by atoms with Crippen LogP contribution in [0.2, 0.25) is 0 Å². The Morgan fingerprint density at radius 2 is 1.92 bits per heavy atom. The van der Waals surface area contributed by atoms with Crippen molar-refractivity contribution in [1.82, 2.24) is 4.90 Å². The summed E-state index contributed by atoms with van der Waals surface area (Å²) in [5.74, 6) is -1.66. The molecule has 1 N–H and O–H groups in total. The summed E-state index contributed by atoms with van der Waals surface area (Å²) in [6.45, 7) is 2.84. The SMILES string of the molecule is CCOC(=O)[C@H](C)N1C(=O)S/C(=C/c2cc(Br)c(OCC(=O)Nc3ccc(F)cc3)c(OC)c2)C1=O. The predicted molar refractivity (Wildman–Crippen MR) is 135 cm³/mol. The fourth-order valence-corrected chi connectivity index (χ4v) is 4.65. The van der Waals surface area contributed by atoms with Gasteiger partial charge in [-0.2, -0.15) is 0 Å². The van der Waals surface area contributed by atoms with Gasteiger partial charge in [-0.05, 0) is 89.6 Å². The molecule has 0 saturated carbocycles. The number of halogens is 2. The molecule has 2 aromatic rings. The van der Waals surface area contributed by atoms with Gasteiger partial charge in [-0.3, -0.25) is 19.3 Å². The molecule has 0 bridgehead atoms. The summed E-state index contributed by atoms with van der Waals surface area (Å²) in [5.41, 5.74) is 0.925. The number of carbonyl (C=O) groups excluding carboxylic acids is 4. The normalized spacial score (nSPS) is 15.1. The standard InChI is InChI=1S/C24H22BrFN2O7S/c1-4-34-23(31)13(2)28-22(30)19(36-24(28)32)11-14-9-17(25)21(18(10-14)33-3)35-12-20(29)27-16-7-5-15(26)6-8-16/h5-11,13H,4,12H2,1-3H3,(H,27,29)/b19-11+/t13-/m0/s1. The first-order chi connectivity index (χ1) is 17.1. The number of methoxy groups -OCH3 is 1. The lowest BCUT2D eigenvalue weighted by Crippen LogP contribution is -2.42. The van der Waals surface area contributed by atoms with Gasteiger partial charge in [0.15, 0.2) is 18.1 Å². The van der Waals surface area contributed by atoms with E-state index in [1.165, 1.54) is 44.4 Å². The highest BCUT2D eigenvalue weighted by atomic mass is 79.9. The van der Waals surface area contributed by atoms with Crippen LogP contribution in [0.15, 0.2) is 45.8 Å². The van der Waals surface area contributed by atoms with Crippen molar-refractivity contribution in [2.24, 2.45) is 0 Å². The van der Waals surface area contributed by atoms with Crippen LogP contribution in [-0.4, -0.2) is 54.3 Å². The Morgan fingerprint density at radius 3 is 2.56 bits per heavy atom. The van der Waals surface area contributed by atoms with Crippen LogP contribution < -0.4 is 14.8 Å². The van der Waals surface area contributed by atoms with Crippen LogP contribution >= 0.6 is 27.7 Å². The Balaban J connectivity index is 1.74. The minimum Gasteiger partial charge on any atom is -0.493 e. The van der Waals surface area contributed by atoms with E-state index < -0.39 is 34.9 Å². The second-order valence-corrected chi connectivity index (χ2v) is 9.21. The van der Waals surface area contributed by atoms with E-state index in [-0.39, 0.29) is 29.6 Å². The molecule has 1 aliphatic rings. The largest absolute Gasteiger partial charge is 0.493 e. The Hall–Kier alpha value is -3.38. The highest BCUT2D eigenvalue weighted by Gasteiger charge is 2.41. The van der Waals surface area contributed by atoms with Crippen molar-refractivity contribution in [2.75, 3.05) is 25.6 Å². The number of benzene rings is 2. The van der Waals surface area contributed by atoms with Crippen LogP contribution in [0.3, 0.4) is 0 Å². The summed E-state index contributed by atoms with van der Waals surface area (Å²) in [6.07, 6.45) is 1.49. The highest BCUT2D eigenvalue weighted by molar-refractivity contribution is 9.10. The molecular weight excluding hydrogens is 559 g/mol. The van der Waals surface area contributed by atoms with Crippen molar-refractivity contribution in [3.05, 3.63) is 57.2 Å². The van der Waals surface area contributed by atoms with Gasteiger partial charge in [0.2, 0.25) is 0 Å². The molecule has 1 atom stereocenters. The summed E-state index contributed by atoms with van der Waals surface area (Å²) in [5, 5.41) is 2.01. The quantitative estimate of drug-likeness (QED) is 0.338. The van der Waals surface area contributed by atoms with Crippen molar-refractivity contribution in [1.29, 1.82) is 0 Å².